The summed E-state index contributed by atoms with van der Waals surface area (Å²) in [7, 11) is 3.60. The fourth-order valence-electron chi connectivity index (χ4n) is 4.89. The number of nitrogens with zero attached hydrogens (tertiary/aromatic N) is 1. The normalized spacial score (nSPS) is 27.1. The molecule has 2 aliphatic rings. The van der Waals surface area contributed by atoms with Crippen LogP contribution in [0.2, 0.25) is 0 Å². The molecular formula is C25H35NO3. The van der Waals surface area contributed by atoms with E-state index in [4.69, 9.17) is 0 Å². The zero-order valence-electron chi connectivity index (χ0n) is 17.9. The number of aryl methyl sites for hydroxylation is 1. The van der Waals surface area contributed by atoms with Gasteiger partial charge < -0.3 is 15.1 Å². The molecule has 0 bridgehead atoms. The van der Waals surface area contributed by atoms with Gasteiger partial charge in [-0.05, 0) is 50.0 Å². The molecule has 1 aromatic carbocycles. The lowest BCUT2D eigenvalue weighted by atomic mass is 9.88. The molecule has 1 fully saturated rings. The third-order valence-electron chi connectivity index (χ3n) is 6.42. The Hall–Kier alpha value is -1.91. The molecule has 2 N–H and O–H groups in total. The number of amides is 1. The van der Waals surface area contributed by atoms with Gasteiger partial charge in [0.25, 0.3) is 0 Å². The molecule has 158 valence electrons. The van der Waals surface area contributed by atoms with E-state index in [0.717, 1.165) is 31.2 Å². The highest BCUT2D eigenvalue weighted by Gasteiger charge is 2.43. The smallest absolute Gasteiger partial charge is 0.222 e. The molecule has 4 nitrogen and oxygen atoms in total. The van der Waals surface area contributed by atoms with Gasteiger partial charge in [0, 0.05) is 32.9 Å². The third kappa shape index (κ3) is 5.80. The molecule has 5 atom stereocenters. The molecule has 4 heteroatoms. The van der Waals surface area contributed by atoms with E-state index in [9.17, 15) is 15.0 Å². The minimum Gasteiger partial charge on any atom is -0.392 e. The summed E-state index contributed by atoms with van der Waals surface area (Å²) in [5, 5.41) is 20.9. The lowest BCUT2D eigenvalue weighted by molar-refractivity contribution is -0.128. The molecule has 3 rings (SSSR count). The Morgan fingerprint density at radius 2 is 2.14 bits per heavy atom. The maximum Gasteiger partial charge on any atom is 0.222 e. The lowest BCUT2D eigenvalue weighted by Crippen LogP contribution is -2.21. The van der Waals surface area contributed by atoms with Crippen molar-refractivity contribution >= 4 is 5.91 Å². The van der Waals surface area contributed by atoms with E-state index in [-0.39, 0.29) is 17.9 Å². The van der Waals surface area contributed by atoms with Crippen molar-refractivity contribution in [2.75, 3.05) is 14.1 Å². The summed E-state index contributed by atoms with van der Waals surface area (Å²) in [5.41, 5.74) is 3.76. The average Bonchev–Trinajstić information content (AvgIpc) is 3.16. The van der Waals surface area contributed by atoms with Crippen LogP contribution >= 0.6 is 0 Å². The number of allylic oxidation sites excluding steroid dienone is 2. The van der Waals surface area contributed by atoms with Gasteiger partial charge in [0.1, 0.15) is 0 Å². The van der Waals surface area contributed by atoms with Crippen molar-refractivity contribution in [1.29, 1.82) is 0 Å². The summed E-state index contributed by atoms with van der Waals surface area (Å²) in [5.74, 6) is 1.13. The van der Waals surface area contributed by atoms with Crippen LogP contribution in [0.5, 0.6) is 0 Å². The maximum atomic E-state index is 11.7. The number of hydrogen-bond donors (Lipinski definition) is 2. The van der Waals surface area contributed by atoms with Crippen molar-refractivity contribution < 1.29 is 15.0 Å². The highest BCUT2D eigenvalue weighted by atomic mass is 16.3. The van der Waals surface area contributed by atoms with Crippen LogP contribution in [0.3, 0.4) is 0 Å². The highest BCUT2D eigenvalue weighted by Crippen LogP contribution is 2.48. The van der Waals surface area contributed by atoms with Crippen molar-refractivity contribution in [3.8, 4) is 0 Å². The molecule has 1 aromatic rings. The van der Waals surface area contributed by atoms with Gasteiger partial charge in [-0.2, -0.15) is 0 Å². The first-order chi connectivity index (χ1) is 13.8. The highest BCUT2D eigenvalue weighted by molar-refractivity contribution is 5.75. The summed E-state index contributed by atoms with van der Waals surface area (Å²) in [4.78, 5) is 13.4. The fourth-order valence-corrected chi connectivity index (χ4v) is 4.89. The largest absolute Gasteiger partial charge is 0.392 e. The quantitative estimate of drug-likeness (QED) is 0.658. The first-order valence-corrected chi connectivity index (χ1v) is 10.8. The molecule has 0 unspecified atom stereocenters. The van der Waals surface area contributed by atoms with Gasteiger partial charge in [-0.3, -0.25) is 4.79 Å². The van der Waals surface area contributed by atoms with Gasteiger partial charge in [-0.1, -0.05) is 53.6 Å². The SMILES string of the molecule is Cc1cccc(C[C@H](O)/C=C/[C@@H]2[C@H]3CC(CCCC(=O)N(C)C)=C[C@H]3C[C@H]2O)c1. The van der Waals surface area contributed by atoms with Crippen LogP contribution in [0.4, 0.5) is 0 Å². The van der Waals surface area contributed by atoms with Crippen molar-refractivity contribution in [1.82, 2.24) is 4.90 Å². The maximum absolute atomic E-state index is 11.7. The molecule has 1 amide bonds. The minimum absolute atomic E-state index is 0.101. The number of carbonyl (C=O) groups is 1. The summed E-state index contributed by atoms with van der Waals surface area (Å²) in [6.07, 6.45) is 10.2. The van der Waals surface area contributed by atoms with Crippen LogP contribution in [-0.4, -0.2) is 47.3 Å². The molecule has 0 radical (unpaired) electrons. The number of fused-ring (bicyclic) bond motifs is 1. The molecule has 0 heterocycles. The van der Waals surface area contributed by atoms with Gasteiger partial charge in [0.15, 0.2) is 0 Å². The Kier molecular flexibility index (Phi) is 7.31. The number of carbonyl (C=O) groups excluding carboxylic acids is 1. The van der Waals surface area contributed by atoms with Crippen LogP contribution < -0.4 is 0 Å². The second kappa shape index (κ2) is 9.73. The lowest BCUT2D eigenvalue weighted by Gasteiger charge is -2.19. The van der Waals surface area contributed by atoms with E-state index in [1.807, 2.05) is 24.3 Å². The van der Waals surface area contributed by atoms with E-state index >= 15 is 0 Å². The second-order valence-corrected chi connectivity index (χ2v) is 9.02. The molecule has 0 saturated heterocycles. The molecule has 0 spiro atoms. The molecular weight excluding hydrogens is 362 g/mol. The topological polar surface area (TPSA) is 60.8 Å². The summed E-state index contributed by atoms with van der Waals surface area (Å²) in [6.45, 7) is 2.06. The molecule has 29 heavy (non-hydrogen) atoms. The number of rotatable bonds is 8. The van der Waals surface area contributed by atoms with Gasteiger partial charge in [0.05, 0.1) is 12.2 Å². The Labute approximate surface area is 174 Å². The minimum atomic E-state index is -0.533. The Morgan fingerprint density at radius 1 is 1.34 bits per heavy atom. The zero-order valence-corrected chi connectivity index (χ0v) is 17.9. The number of hydrogen-bond acceptors (Lipinski definition) is 3. The first kappa shape index (κ1) is 21.8. The van der Waals surface area contributed by atoms with Crippen LogP contribution in [-0.2, 0) is 11.2 Å². The van der Waals surface area contributed by atoms with E-state index in [1.54, 1.807) is 19.0 Å². The van der Waals surface area contributed by atoms with Crippen LogP contribution in [0, 0.1) is 24.7 Å². The number of aliphatic hydroxyl groups excluding tert-OH is 2. The van der Waals surface area contributed by atoms with Crippen LogP contribution in [0.25, 0.3) is 0 Å². The standard InChI is InChI=1S/C25H35NO3/c1-17-6-4-7-18(12-17)14-21(27)10-11-22-23-15-19(13-20(23)16-24(22)28)8-5-9-25(29)26(2)3/h4,6-7,10-13,20-24,27-28H,5,8-9,14-16H2,1-3H3/b11-10+/t20-,21+,22+,23-,24+/m0/s1. The first-order valence-electron chi connectivity index (χ1n) is 10.8. The van der Waals surface area contributed by atoms with Crippen molar-refractivity contribution in [2.24, 2.45) is 17.8 Å². The third-order valence-corrected chi connectivity index (χ3v) is 6.42. The summed E-state index contributed by atoms with van der Waals surface area (Å²) >= 11 is 0. The number of aliphatic hydroxyl groups is 2. The van der Waals surface area contributed by atoms with Gasteiger partial charge in [-0.25, -0.2) is 0 Å². The van der Waals surface area contributed by atoms with Gasteiger partial charge >= 0.3 is 0 Å². The van der Waals surface area contributed by atoms with Crippen LogP contribution in [0.15, 0.2) is 48.1 Å². The summed E-state index contributed by atoms with van der Waals surface area (Å²) in [6, 6.07) is 8.22. The summed E-state index contributed by atoms with van der Waals surface area (Å²) < 4.78 is 0. The second-order valence-electron chi connectivity index (χ2n) is 9.02. The Morgan fingerprint density at radius 3 is 2.86 bits per heavy atom. The number of benzene rings is 1. The molecule has 0 aliphatic heterocycles. The van der Waals surface area contributed by atoms with Gasteiger partial charge in [-0.15, -0.1) is 0 Å². The predicted molar refractivity (Wildman–Crippen MR) is 116 cm³/mol. The van der Waals surface area contributed by atoms with Gasteiger partial charge in [0.2, 0.25) is 5.91 Å². The van der Waals surface area contributed by atoms with Crippen molar-refractivity contribution in [3.05, 3.63) is 59.2 Å². The van der Waals surface area contributed by atoms with Crippen molar-refractivity contribution in [2.45, 2.75) is 57.7 Å². The monoisotopic (exact) mass is 397 g/mol. The van der Waals surface area contributed by atoms with Crippen LogP contribution in [0.1, 0.15) is 43.2 Å². The Balaban J connectivity index is 1.51. The van der Waals surface area contributed by atoms with E-state index < -0.39 is 6.10 Å². The predicted octanol–water partition coefficient (Wildman–Crippen LogP) is 3.66. The van der Waals surface area contributed by atoms with E-state index in [1.165, 1.54) is 11.1 Å². The average molecular weight is 398 g/mol. The molecule has 0 aromatic heterocycles. The zero-order chi connectivity index (χ0) is 21.0. The van der Waals surface area contributed by atoms with E-state index in [2.05, 4.69) is 25.1 Å². The Bertz CT molecular complexity index is 767. The fraction of sp³-hybridized carbons (Fsp3) is 0.560. The molecule has 1 saturated carbocycles. The van der Waals surface area contributed by atoms with E-state index in [0.29, 0.717) is 24.7 Å². The molecule has 2 aliphatic carbocycles. The van der Waals surface area contributed by atoms with Crippen molar-refractivity contribution in [3.63, 3.8) is 0 Å².